The van der Waals surface area contributed by atoms with Crippen LogP contribution >= 0.6 is 0 Å². The van der Waals surface area contributed by atoms with E-state index in [9.17, 15) is 14.7 Å². The van der Waals surface area contributed by atoms with Crippen LogP contribution in [0.4, 0.5) is 4.79 Å². The number of piperidine rings is 1. The van der Waals surface area contributed by atoms with Crippen LogP contribution in [0.25, 0.3) is 0 Å². The first-order chi connectivity index (χ1) is 10.7. The second-order valence-corrected chi connectivity index (χ2v) is 7.19. The third kappa shape index (κ3) is 7.65. The Morgan fingerprint density at radius 2 is 2.00 bits per heavy atom. The van der Waals surface area contributed by atoms with Gasteiger partial charge in [0.1, 0.15) is 5.60 Å². The molecule has 1 aliphatic rings. The van der Waals surface area contributed by atoms with Gasteiger partial charge in [-0.3, -0.25) is 4.79 Å². The summed E-state index contributed by atoms with van der Waals surface area (Å²) in [6, 6.07) is 0. The Bertz CT molecular complexity index is 408. The van der Waals surface area contributed by atoms with Crippen molar-refractivity contribution in [3.63, 3.8) is 0 Å². The lowest BCUT2D eigenvalue weighted by molar-refractivity contribution is -0.128. The number of nitrogens with zero attached hydrogens (tertiary/aromatic N) is 1. The molecule has 0 aromatic rings. The van der Waals surface area contributed by atoms with Gasteiger partial charge in [0, 0.05) is 19.7 Å². The maximum Gasteiger partial charge on any atom is 0.410 e. The third-order valence-electron chi connectivity index (χ3n) is 3.60. The SMILES string of the molecule is CC(C)(C)OC(=O)N1CCCC(O)(CC(=O)NCCCCO)C1. The number of unbranched alkanes of at least 4 members (excludes halogenated alkanes) is 1. The fraction of sp³-hybridized carbons (Fsp3) is 0.875. The van der Waals surface area contributed by atoms with E-state index in [1.165, 1.54) is 4.90 Å². The average Bonchev–Trinajstić information content (AvgIpc) is 2.41. The lowest BCUT2D eigenvalue weighted by atomic mass is 9.89. The molecule has 1 rings (SSSR count). The molecule has 7 nitrogen and oxygen atoms in total. The molecule has 3 N–H and O–H groups in total. The number of carbonyl (C=O) groups is 2. The van der Waals surface area contributed by atoms with Crippen LogP contribution in [0.3, 0.4) is 0 Å². The number of amides is 2. The summed E-state index contributed by atoms with van der Waals surface area (Å²) in [6.07, 6.45) is 1.95. The molecular formula is C16H30N2O5. The molecule has 1 fully saturated rings. The molecule has 0 aromatic carbocycles. The quantitative estimate of drug-likeness (QED) is 0.632. The minimum Gasteiger partial charge on any atom is -0.444 e. The highest BCUT2D eigenvalue weighted by molar-refractivity contribution is 5.77. The predicted octanol–water partition coefficient (Wildman–Crippen LogP) is 1.03. The lowest BCUT2D eigenvalue weighted by Gasteiger charge is -2.39. The van der Waals surface area contributed by atoms with Gasteiger partial charge in [-0.25, -0.2) is 4.79 Å². The molecule has 1 heterocycles. The third-order valence-corrected chi connectivity index (χ3v) is 3.60. The predicted molar refractivity (Wildman–Crippen MR) is 85.9 cm³/mol. The van der Waals surface area contributed by atoms with Gasteiger partial charge < -0.3 is 25.2 Å². The van der Waals surface area contributed by atoms with Crippen molar-refractivity contribution in [3.8, 4) is 0 Å². The molecule has 7 heteroatoms. The second-order valence-electron chi connectivity index (χ2n) is 7.19. The minimum atomic E-state index is -1.21. The number of hydrogen-bond acceptors (Lipinski definition) is 5. The number of carbonyl (C=O) groups excluding carboxylic acids is 2. The summed E-state index contributed by atoms with van der Waals surface area (Å²) in [5, 5.41) is 22.0. The summed E-state index contributed by atoms with van der Waals surface area (Å²) < 4.78 is 5.32. The first kappa shape index (κ1) is 19.7. The zero-order valence-corrected chi connectivity index (χ0v) is 14.4. The van der Waals surface area contributed by atoms with E-state index in [1.54, 1.807) is 20.8 Å². The van der Waals surface area contributed by atoms with Gasteiger partial charge in [0.25, 0.3) is 0 Å². The second kappa shape index (κ2) is 8.49. The summed E-state index contributed by atoms with van der Waals surface area (Å²) >= 11 is 0. The van der Waals surface area contributed by atoms with E-state index in [2.05, 4.69) is 5.32 Å². The van der Waals surface area contributed by atoms with Crippen LogP contribution in [0.1, 0.15) is 52.9 Å². The van der Waals surface area contributed by atoms with Gasteiger partial charge in [-0.05, 0) is 46.5 Å². The maximum atomic E-state index is 12.1. The molecular weight excluding hydrogens is 300 g/mol. The van der Waals surface area contributed by atoms with E-state index in [4.69, 9.17) is 9.84 Å². The fourth-order valence-corrected chi connectivity index (χ4v) is 2.56. The van der Waals surface area contributed by atoms with Crippen molar-refractivity contribution in [3.05, 3.63) is 0 Å². The zero-order chi connectivity index (χ0) is 17.5. The molecule has 1 saturated heterocycles. The van der Waals surface area contributed by atoms with E-state index in [0.717, 1.165) is 0 Å². The maximum absolute atomic E-state index is 12.1. The van der Waals surface area contributed by atoms with Gasteiger partial charge in [-0.1, -0.05) is 0 Å². The van der Waals surface area contributed by atoms with Gasteiger partial charge in [-0.15, -0.1) is 0 Å². The normalized spacial score (nSPS) is 21.9. The van der Waals surface area contributed by atoms with Gasteiger partial charge >= 0.3 is 6.09 Å². The molecule has 134 valence electrons. The summed E-state index contributed by atoms with van der Waals surface area (Å²) in [7, 11) is 0. The van der Waals surface area contributed by atoms with Crippen molar-refractivity contribution < 1.29 is 24.5 Å². The summed E-state index contributed by atoms with van der Waals surface area (Å²) in [5.41, 5.74) is -1.80. The first-order valence-corrected chi connectivity index (χ1v) is 8.23. The number of β-amino-alcohol motifs (C(OH)–C–C–N with tert-alkyl or cyclic N) is 1. The standard InChI is InChI=1S/C16H30N2O5/c1-15(2,3)23-14(21)18-9-6-7-16(22,12-18)11-13(20)17-8-4-5-10-19/h19,22H,4-12H2,1-3H3,(H,17,20). The van der Waals surface area contributed by atoms with E-state index in [0.29, 0.717) is 38.8 Å². The monoisotopic (exact) mass is 330 g/mol. The van der Waals surface area contributed by atoms with Gasteiger partial charge in [0.15, 0.2) is 0 Å². The highest BCUT2D eigenvalue weighted by Gasteiger charge is 2.38. The van der Waals surface area contributed by atoms with Crippen LogP contribution in [0, 0.1) is 0 Å². The lowest BCUT2D eigenvalue weighted by Crippen LogP contribution is -2.53. The molecule has 0 bridgehead atoms. The average molecular weight is 330 g/mol. The van der Waals surface area contributed by atoms with E-state index < -0.39 is 17.3 Å². The molecule has 0 aliphatic carbocycles. The Hall–Kier alpha value is -1.34. The first-order valence-electron chi connectivity index (χ1n) is 8.23. The topological polar surface area (TPSA) is 99.1 Å². The van der Waals surface area contributed by atoms with Crippen molar-refractivity contribution >= 4 is 12.0 Å². The Kier molecular flexibility index (Phi) is 7.28. The molecule has 1 unspecified atom stereocenters. The molecule has 0 saturated carbocycles. The Balaban J connectivity index is 2.48. The van der Waals surface area contributed by atoms with Crippen LogP contribution in [0.15, 0.2) is 0 Å². The van der Waals surface area contributed by atoms with E-state index in [-0.39, 0.29) is 25.5 Å². The number of rotatable bonds is 6. The van der Waals surface area contributed by atoms with Crippen molar-refractivity contribution in [2.75, 3.05) is 26.2 Å². The van der Waals surface area contributed by atoms with Crippen molar-refractivity contribution in [1.29, 1.82) is 0 Å². The van der Waals surface area contributed by atoms with E-state index >= 15 is 0 Å². The highest BCUT2D eigenvalue weighted by Crippen LogP contribution is 2.25. The molecule has 2 amide bonds. The van der Waals surface area contributed by atoms with Crippen LogP contribution in [-0.2, 0) is 9.53 Å². The molecule has 1 aliphatic heterocycles. The Morgan fingerprint density at radius 1 is 1.30 bits per heavy atom. The summed E-state index contributed by atoms with van der Waals surface area (Å²) in [5.74, 6) is -0.239. The van der Waals surface area contributed by atoms with Crippen LogP contribution in [0.2, 0.25) is 0 Å². The van der Waals surface area contributed by atoms with Crippen molar-refractivity contribution in [2.45, 2.75) is 64.1 Å². The van der Waals surface area contributed by atoms with Crippen molar-refractivity contribution in [1.82, 2.24) is 10.2 Å². The number of aliphatic hydroxyl groups excluding tert-OH is 1. The highest BCUT2D eigenvalue weighted by atomic mass is 16.6. The number of hydrogen-bond donors (Lipinski definition) is 3. The number of aliphatic hydroxyl groups is 2. The molecule has 0 radical (unpaired) electrons. The molecule has 23 heavy (non-hydrogen) atoms. The molecule has 1 atom stereocenters. The fourth-order valence-electron chi connectivity index (χ4n) is 2.56. The van der Waals surface area contributed by atoms with Gasteiger partial charge in [-0.2, -0.15) is 0 Å². The Morgan fingerprint density at radius 3 is 2.61 bits per heavy atom. The smallest absolute Gasteiger partial charge is 0.410 e. The van der Waals surface area contributed by atoms with Gasteiger partial charge in [0.05, 0.1) is 18.6 Å². The van der Waals surface area contributed by atoms with Crippen LogP contribution in [0.5, 0.6) is 0 Å². The number of ether oxygens (including phenoxy) is 1. The Labute approximate surface area is 138 Å². The van der Waals surface area contributed by atoms with Gasteiger partial charge in [0.2, 0.25) is 5.91 Å². The molecule has 0 spiro atoms. The zero-order valence-electron chi connectivity index (χ0n) is 14.4. The number of likely N-dealkylation sites (tertiary alicyclic amines) is 1. The summed E-state index contributed by atoms with van der Waals surface area (Å²) in [6.45, 7) is 6.58. The largest absolute Gasteiger partial charge is 0.444 e. The minimum absolute atomic E-state index is 0.0363. The van der Waals surface area contributed by atoms with Crippen molar-refractivity contribution in [2.24, 2.45) is 0 Å². The number of nitrogens with one attached hydrogen (secondary N) is 1. The summed E-state index contributed by atoms with van der Waals surface area (Å²) in [4.78, 5) is 25.5. The van der Waals surface area contributed by atoms with Crippen LogP contribution in [-0.4, -0.2) is 64.6 Å². The van der Waals surface area contributed by atoms with E-state index in [1.807, 2.05) is 0 Å². The van der Waals surface area contributed by atoms with Crippen LogP contribution < -0.4 is 5.32 Å². The molecule has 0 aromatic heterocycles.